The summed E-state index contributed by atoms with van der Waals surface area (Å²) in [6.45, 7) is 3.24. The number of halogens is 2. The van der Waals surface area contributed by atoms with Gasteiger partial charge in [-0.3, -0.25) is 9.10 Å². The highest BCUT2D eigenvalue weighted by Gasteiger charge is 2.20. The van der Waals surface area contributed by atoms with E-state index in [1.54, 1.807) is 48.7 Å². The molecule has 1 heterocycles. The van der Waals surface area contributed by atoms with Gasteiger partial charge < -0.3 is 9.88 Å². The molecule has 0 atom stereocenters. The van der Waals surface area contributed by atoms with Gasteiger partial charge in [-0.25, -0.2) is 13.4 Å². The molecule has 7 nitrogen and oxygen atoms in total. The Balaban J connectivity index is 1.65. The van der Waals surface area contributed by atoms with Gasteiger partial charge in [-0.2, -0.15) is 0 Å². The van der Waals surface area contributed by atoms with Gasteiger partial charge in [-0.1, -0.05) is 35.3 Å². The van der Waals surface area contributed by atoms with Crippen molar-refractivity contribution in [2.45, 2.75) is 26.4 Å². The van der Waals surface area contributed by atoms with Crippen molar-refractivity contribution in [2.24, 2.45) is 0 Å². The Morgan fingerprint density at radius 1 is 1.16 bits per heavy atom. The minimum absolute atomic E-state index is 0.0252. The van der Waals surface area contributed by atoms with Crippen LogP contribution in [0.25, 0.3) is 0 Å². The zero-order valence-corrected chi connectivity index (χ0v) is 20.1. The van der Waals surface area contributed by atoms with Crippen LogP contribution in [0.5, 0.6) is 0 Å². The molecule has 0 fully saturated rings. The topological polar surface area (TPSA) is 84.3 Å². The maximum Gasteiger partial charge on any atom is 0.251 e. The number of imidazole rings is 1. The number of hydrogen-bond acceptors (Lipinski definition) is 4. The number of carbonyl (C=O) groups is 1. The molecule has 32 heavy (non-hydrogen) atoms. The van der Waals surface area contributed by atoms with Crippen LogP contribution >= 0.6 is 23.2 Å². The SMILES string of the molecule is Cc1nccn1CCCNC(=O)c1ccc(N(Cc2cccc(Cl)c2Cl)S(C)(=O)=O)cc1. The number of aromatic nitrogens is 2. The minimum atomic E-state index is -3.60. The number of nitrogens with one attached hydrogen (secondary N) is 1. The van der Waals surface area contributed by atoms with Gasteiger partial charge in [0.05, 0.1) is 28.5 Å². The van der Waals surface area contributed by atoms with Crippen LogP contribution < -0.4 is 9.62 Å². The van der Waals surface area contributed by atoms with Crippen molar-refractivity contribution >= 4 is 44.8 Å². The summed E-state index contributed by atoms with van der Waals surface area (Å²) in [7, 11) is -3.60. The molecule has 3 rings (SSSR count). The molecule has 10 heteroatoms. The number of nitrogens with zero attached hydrogens (tertiary/aromatic N) is 3. The number of sulfonamides is 1. The van der Waals surface area contributed by atoms with E-state index in [0.29, 0.717) is 33.4 Å². The first-order valence-electron chi connectivity index (χ1n) is 9.93. The molecule has 2 aromatic carbocycles. The highest BCUT2D eigenvalue weighted by atomic mass is 35.5. The Morgan fingerprint density at radius 2 is 1.88 bits per heavy atom. The van der Waals surface area contributed by atoms with Crippen molar-refractivity contribution in [1.29, 1.82) is 0 Å². The standard InChI is InChI=1S/C22H24Cl2N4O3S/c1-16-25-12-14-27(16)13-4-11-26-22(29)17-7-9-19(10-8-17)28(32(2,30)31)15-18-5-3-6-20(23)21(18)24/h3,5-10,12,14H,4,11,13,15H2,1-2H3,(H,26,29). The lowest BCUT2D eigenvalue weighted by molar-refractivity contribution is 0.0952. The van der Waals surface area contributed by atoms with Gasteiger partial charge in [-0.05, 0) is 49.2 Å². The molecule has 0 radical (unpaired) electrons. The second kappa shape index (κ2) is 10.4. The largest absolute Gasteiger partial charge is 0.352 e. The average Bonchev–Trinajstić information content (AvgIpc) is 3.16. The van der Waals surface area contributed by atoms with E-state index in [9.17, 15) is 13.2 Å². The molecule has 0 saturated heterocycles. The predicted molar refractivity (Wildman–Crippen MR) is 128 cm³/mol. The average molecular weight is 495 g/mol. The van der Waals surface area contributed by atoms with E-state index >= 15 is 0 Å². The summed E-state index contributed by atoms with van der Waals surface area (Å²) in [5, 5.41) is 3.54. The van der Waals surface area contributed by atoms with Crippen molar-refractivity contribution < 1.29 is 13.2 Å². The summed E-state index contributed by atoms with van der Waals surface area (Å²) in [4.78, 5) is 16.6. The number of benzene rings is 2. The van der Waals surface area contributed by atoms with Crippen LogP contribution in [0, 0.1) is 6.92 Å². The van der Waals surface area contributed by atoms with Crippen LogP contribution in [-0.2, 0) is 23.1 Å². The quantitative estimate of drug-likeness (QED) is 0.449. The fourth-order valence-corrected chi connectivity index (χ4v) is 4.46. The second-order valence-corrected chi connectivity index (χ2v) is 10.00. The van der Waals surface area contributed by atoms with Gasteiger partial charge in [0.25, 0.3) is 5.91 Å². The fourth-order valence-electron chi connectivity index (χ4n) is 3.20. The molecule has 0 aliphatic rings. The number of carbonyl (C=O) groups excluding carboxylic acids is 1. The van der Waals surface area contributed by atoms with Crippen LogP contribution in [0.4, 0.5) is 5.69 Å². The molecular weight excluding hydrogens is 471 g/mol. The molecule has 1 amide bonds. The van der Waals surface area contributed by atoms with Gasteiger partial charge in [0.15, 0.2) is 0 Å². The molecule has 0 bridgehead atoms. The number of aryl methyl sites for hydroxylation is 2. The van der Waals surface area contributed by atoms with Crippen LogP contribution in [-0.4, -0.2) is 36.7 Å². The van der Waals surface area contributed by atoms with E-state index in [4.69, 9.17) is 23.2 Å². The Morgan fingerprint density at radius 3 is 2.50 bits per heavy atom. The highest BCUT2D eigenvalue weighted by molar-refractivity contribution is 7.92. The third-order valence-corrected chi connectivity index (χ3v) is 6.95. The number of anilines is 1. The van der Waals surface area contributed by atoms with Gasteiger partial charge in [0.2, 0.25) is 10.0 Å². The Labute approximate surface area is 198 Å². The van der Waals surface area contributed by atoms with Crippen molar-refractivity contribution in [3.63, 3.8) is 0 Å². The minimum Gasteiger partial charge on any atom is -0.352 e. The predicted octanol–water partition coefficient (Wildman–Crippen LogP) is 4.28. The van der Waals surface area contributed by atoms with Gasteiger partial charge in [0.1, 0.15) is 5.82 Å². The van der Waals surface area contributed by atoms with Gasteiger partial charge in [-0.15, -0.1) is 0 Å². The summed E-state index contributed by atoms with van der Waals surface area (Å²) in [5.74, 6) is 0.712. The zero-order valence-electron chi connectivity index (χ0n) is 17.8. The van der Waals surface area contributed by atoms with Gasteiger partial charge in [0, 0.05) is 31.0 Å². The lowest BCUT2D eigenvalue weighted by atomic mass is 10.1. The molecular formula is C22H24Cl2N4O3S. The Hall–Kier alpha value is -2.55. The van der Waals surface area contributed by atoms with Crippen LogP contribution in [0.2, 0.25) is 10.0 Å². The Kier molecular flexibility index (Phi) is 7.82. The monoisotopic (exact) mass is 494 g/mol. The molecule has 3 aromatic rings. The van der Waals surface area contributed by atoms with E-state index in [0.717, 1.165) is 25.0 Å². The lowest BCUT2D eigenvalue weighted by Crippen LogP contribution is -2.29. The van der Waals surface area contributed by atoms with E-state index in [1.165, 1.54) is 4.31 Å². The van der Waals surface area contributed by atoms with E-state index in [1.807, 2.05) is 17.7 Å². The lowest BCUT2D eigenvalue weighted by Gasteiger charge is -2.23. The normalized spacial score (nSPS) is 11.4. The van der Waals surface area contributed by atoms with Crippen molar-refractivity contribution in [3.05, 3.63) is 81.9 Å². The number of hydrogen-bond donors (Lipinski definition) is 1. The van der Waals surface area contributed by atoms with Crippen molar-refractivity contribution in [2.75, 3.05) is 17.1 Å². The molecule has 0 aliphatic heterocycles. The first-order chi connectivity index (χ1) is 15.2. The fraction of sp³-hybridized carbons (Fsp3) is 0.273. The maximum absolute atomic E-state index is 12.4. The highest BCUT2D eigenvalue weighted by Crippen LogP contribution is 2.29. The molecule has 1 N–H and O–H groups in total. The van der Waals surface area contributed by atoms with Crippen molar-refractivity contribution in [3.8, 4) is 0 Å². The number of rotatable bonds is 9. The first kappa shape index (κ1) is 24.1. The number of amides is 1. The summed E-state index contributed by atoms with van der Waals surface area (Å²) in [6.07, 6.45) is 5.53. The van der Waals surface area contributed by atoms with Crippen molar-refractivity contribution in [1.82, 2.24) is 14.9 Å². The molecule has 0 spiro atoms. The van der Waals surface area contributed by atoms with Crippen LogP contribution in [0.3, 0.4) is 0 Å². The summed E-state index contributed by atoms with van der Waals surface area (Å²) in [5.41, 5.74) is 1.46. The Bertz CT molecular complexity index is 1190. The van der Waals surface area contributed by atoms with Crippen LogP contribution in [0.15, 0.2) is 54.9 Å². The van der Waals surface area contributed by atoms with Gasteiger partial charge >= 0.3 is 0 Å². The zero-order chi connectivity index (χ0) is 23.3. The van der Waals surface area contributed by atoms with Crippen LogP contribution in [0.1, 0.15) is 28.2 Å². The molecule has 170 valence electrons. The molecule has 1 aromatic heterocycles. The van der Waals surface area contributed by atoms with E-state index in [-0.39, 0.29) is 12.5 Å². The van der Waals surface area contributed by atoms with E-state index in [2.05, 4.69) is 10.3 Å². The summed E-state index contributed by atoms with van der Waals surface area (Å²) in [6, 6.07) is 11.5. The smallest absolute Gasteiger partial charge is 0.251 e. The molecule has 0 aliphatic carbocycles. The van der Waals surface area contributed by atoms with E-state index < -0.39 is 10.0 Å². The summed E-state index contributed by atoms with van der Waals surface area (Å²) < 4.78 is 28.1. The third-order valence-electron chi connectivity index (χ3n) is 4.95. The first-order valence-corrected chi connectivity index (χ1v) is 12.5. The second-order valence-electron chi connectivity index (χ2n) is 7.31. The maximum atomic E-state index is 12.4. The molecule has 0 unspecified atom stereocenters. The third kappa shape index (κ3) is 6.03. The molecule has 0 saturated carbocycles. The summed E-state index contributed by atoms with van der Waals surface area (Å²) >= 11 is 12.3.